The van der Waals surface area contributed by atoms with Crippen LogP contribution < -0.4 is 0 Å². The van der Waals surface area contributed by atoms with Crippen molar-refractivity contribution in [2.45, 2.75) is 19.4 Å². The van der Waals surface area contributed by atoms with Crippen LogP contribution in [0.5, 0.6) is 0 Å². The normalized spacial score (nSPS) is 16.4. The van der Waals surface area contributed by atoms with Crippen LogP contribution in [-0.4, -0.2) is 27.3 Å². The van der Waals surface area contributed by atoms with Crippen molar-refractivity contribution in [3.63, 3.8) is 0 Å². The van der Waals surface area contributed by atoms with Crippen LogP contribution in [0.1, 0.15) is 39.1 Å². The number of carbonyl (C=O) groups is 1. The number of nitrogens with zero attached hydrogens (tertiary/aromatic N) is 2. The van der Waals surface area contributed by atoms with Gasteiger partial charge >= 0.3 is 0 Å². The van der Waals surface area contributed by atoms with Crippen molar-refractivity contribution >= 4 is 16.8 Å². The minimum atomic E-state index is -0.347. The molecule has 0 saturated heterocycles. The van der Waals surface area contributed by atoms with Crippen LogP contribution in [0, 0.1) is 12.7 Å². The second-order valence-corrected chi connectivity index (χ2v) is 7.02. The molecule has 140 valence electrons. The predicted molar refractivity (Wildman–Crippen MR) is 103 cm³/mol. The number of carbonyl (C=O) groups excluding carboxylic acids is 1. The Morgan fingerprint density at radius 3 is 2.75 bits per heavy atom. The van der Waals surface area contributed by atoms with Crippen LogP contribution in [0.2, 0.25) is 0 Å². The lowest BCUT2D eigenvalue weighted by Crippen LogP contribution is -2.41. The van der Waals surface area contributed by atoms with E-state index in [1.54, 1.807) is 24.0 Å². The molecule has 1 N–H and O–H groups in total. The number of oxazole rings is 1. The second kappa shape index (κ2) is 6.34. The first-order valence-corrected chi connectivity index (χ1v) is 9.19. The van der Waals surface area contributed by atoms with Gasteiger partial charge in [0.2, 0.25) is 0 Å². The highest BCUT2D eigenvalue weighted by atomic mass is 19.1. The highest BCUT2D eigenvalue weighted by Gasteiger charge is 2.36. The van der Waals surface area contributed by atoms with Crippen molar-refractivity contribution in [3.05, 3.63) is 89.0 Å². The average Bonchev–Trinajstić information content (AvgIpc) is 3.30. The number of para-hydroxylation sites is 1. The molecule has 1 unspecified atom stereocenters. The SMILES string of the molecule is Cc1ocnc1C(=O)N1CCc2c([nH]c3ccccc23)C1c1ccc(F)cc1. The summed E-state index contributed by atoms with van der Waals surface area (Å²) in [5.41, 5.74) is 4.36. The summed E-state index contributed by atoms with van der Waals surface area (Å²) in [4.78, 5) is 22.7. The molecule has 5 rings (SSSR count). The third kappa shape index (κ3) is 2.52. The zero-order valence-corrected chi connectivity index (χ0v) is 15.3. The molecule has 0 bridgehead atoms. The number of aryl methyl sites for hydroxylation is 1. The third-order valence-electron chi connectivity index (χ3n) is 5.43. The van der Waals surface area contributed by atoms with Gasteiger partial charge in [0, 0.05) is 23.1 Å². The first-order valence-electron chi connectivity index (χ1n) is 9.19. The van der Waals surface area contributed by atoms with Gasteiger partial charge in [-0.3, -0.25) is 4.79 Å². The van der Waals surface area contributed by atoms with Crippen LogP contribution in [0.25, 0.3) is 10.9 Å². The minimum Gasteiger partial charge on any atom is -0.448 e. The highest BCUT2D eigenvalue weighted by molar-refractivity contribution is 5.94. The Balaban J connectivity index is 1.68. The Bertz CT molecular complexity index is 1180. The highest BCUT2D eigenvalue weighted by Crippen LogP contribution is 2.39. The van der Waals surface area contributed by atoms with Crippen molar-refractivity contribution in [1.82, 2.24) is 14.9 Å². The topological polar surface area (TPSA) is 62.1 Å². The van der Waals surface area contributed by atoms with E-state index in [-0.39, 0.29) is 17.8 Å². The van der Waals surface area contributed by atoms with Crippen LogP contribution in [0.15, 0.2) is 59.3 Å². The molecule has 3 heterocycles. The van der Waals surface area contributed by atoms with Crippen molar-refractivity contribution in [2.75, 3.05) is 6.54 Å². The summed E-state index contributed by atoms with van der Waals surface area (Å²) in [6.45, 7) is 2.27. The van der Waals surface area contributed by atoms with E-state index in [0.29, 0.717) is 18.0 Å². The Morgan fingerprint density at radius 1 is 1.21 bits per heavy atom. The van der Waals surface area contributed by atoms with E-state index in [1.807, 2.05) is 18.2 Å². The number of aromatic amines is 1. The van der Waals surface area contributed by atoms with Gasteiger partial charge in [0.25, 0.3) is 5.91 Å². The molecule has 1 amide bonds. The standard InChI is InChI=1S/C22H18FN3O2/c1-13-19(24-12-28-13)22(27)26-11-10-17-16-4-2-3-5-18(16)25-20(17)21(26)14-6-8-15(23)9-7-14/h2-9,12,21,25H,10-11H2,1H3. The van der Waals surface area contributed by atoms with Gasteiger partial charge in [-0.1, -0.05) is 30.3 Å². The Labute approximate surface area is 160 Å². The number of amides is 1. The largest absolute Gasteiger partial charge is 0.448 e. The minimum absolute atomic E-state index is 0.190. The van der Waals surface area contributed by atoms with Crippen molar-refractivity contribution in [3.8, 4) is 0 Å². The van der Waals surface area contributed by atoms with Crippen LogP contribution >= 0.6 is 0 Å². The van der Waals surface area contributed by atoms with Crippen LogP contribution in [-0.2, 0) is 6.42 Å². The number of fused-ring (bicyclic) bond motifs is 3. The Hall–Kier alpha value is -3.41. The summed E-state index contributed by atoms with van der Waals surface area (Å²) in [5, 5.41) is 1.16. The molecule has 0 radical (unpaired) electrons. The summed E-state index contributed by atoms with van der Waals surface area (Å²) in [5.74, 6) is -0.00293. The fourth-order valence-electron chi connectivity index (χ4n) is 4.10. The zero-order valence-electron chi connectivity index (χ0n) is 15.3. The van der Waals surface area contributed by atoms with Crippen molar-refractivity contribution in [1.29, 1.82) is 0 Å². The summed E-state index contributed by atoms with van der Waals surface area (Å²) in [7, 11) is 0. The second-order valence-electron chi connectivity index (χ2n) is 7.02. The number of rotatable bonds is 2. The smallest absolute Gasteiger partial charge is 0.276 e. The fourth-order valence-corrected chi connectivity index (χ4v) is 4.10. The van der Waals surface area contributed by atoms with Gasteiger partial charge in [-0.05, 0) is 42.7 Å². The number of aromatic nitrogens is 2. The van der Waals surface area contributed by atoms with Gasteiger partial charge in [0.1, 0.15) is 11.6 Å². The van der Waals surface area contributed by atoms with Gasteiger partial charge in [-0.25, -0.2) is 9.37 Å². The number of nitrogens with one attached hydrogen (secondary N) is 1. The maximum absolute atomic E-state index is 13.5. The number of hydrogen-bond donors (Lipinski definition) is 1. The number of hydrogen-bond acceptors (Lipinski definition) is 3. The summed E-state index contributed by atoms with van der Waals surface area (Å²) < 4.78 is 18.8. The molecule has 1 aliphatic rings. The Kier molecular flexibility index (Phi) is 3.79. The molecule has 4 aromatic rings. The van der Waals surface area contributed by atoms with E-state index in [0.717, 1.165) is 28.6 Å². The molecule has 5 nitrogen and oxygen atoms in total. The molecule has 1 aliphatic heterocycles. The zero-order chi connectivity index (χ0) is 19.3. The fraction of sp³-hybridized carbons (Fsp3) is 0.182. The monoisotopic (exact) mass is 375 g/mol. The quantitative estimate of drug-likeness (QED) is 0.565. The van der Waals surface area contributed by atoms with Gasteiger partial charge < -0.3 is 14.3 Å². The third-order valence-corrected chi connectivity index (χ3v) is 5.43. The van der Waals surface area contributed by atoms with E-state index in [1.165, 1.54) is 24.1 Å². The van der Waals surface area contributed by atoms with Gasteiger partial charge in [0.15, 0.2) is 12.1 Å². The molecule has 2 aromatic heterocycles. The molecule has 6 heteroatoms. The summed E-state index contributed by atoms with van der Waals surface area (Å²) in [6.07, 6.45) is 2.02. The molecular weight excluding hydrogens is 357 g/mol. The summed E-state index contributed by atoms with van der Waals surface area (Å²) in [6, 6.07) is 14.1. The molecular formula is C22H18FN3O2. The van der Waals surface area contributed by atoms with E-state index < -0.39 is 0 Å². The van der Waals surface area contributed by atoms with Crippen LogP contribution in [0.3, 0.4) is 0 Å². The molecule has 1 atom stereocenters. The number of benzene rings is 2. The molecule has 0 fully saturated rings. The first kappa shape index (κ1) is 16.7. The lowest BCUT2D eigenvalue weighted by molar-refractivity contribution is 0.0685. The van der Waals surface area contributed by atoms with Crippen LogP contribution in [0.4, 0.5) is 4.39 Å². The number of halogens is 1. The maximum Gasteiger partial charge on any atom is 0.276 e. The molecule has 2 aromatic carbocycles. The van der Waals surface area contributed by atoms with Gasteiger partial charge in [-0.15, -0.1) is 0 Å². The lowest BCUT2D eigenvalue weighted by atomic mass is 9.92. The van der Waals surface area contributed by atoms with Crippen molar-refractivity contribution in [2.24, 2.45) is 0 Å². The van der Waals surface area contributed by atoms with E-state index in [4.69, 9.17) is 4.42 Å². The molecule has 28 heavy (non-hydrogen) atoms. The first-order chi connectivity index (χ1) is 13.6. The van der Waals surface area contributed by atoms with Gasteiger partial charge in [-0.2, -0.15) is 0 Å². The number of H-pyrrole nitrogens is 1. The molecule has 0 saturated carbocycles. The molecule has 0 spiro atoms. The van der Waals surface area contributed by atoms with E-state index in [9.17, 15) is 9.18 Å². The predicted octanol–water partition coefficient (Wildman–Crippen LogP) is 4.39. The average molecular weight is 375 g/mol. The van der Waals surface area contributed by atoms with Crippen molar-refractivity contribution < 1.29 is 13.6 Å². The van der Waals surface area contributed by atoms with E-state index >= 15 is 0 Å². The van der Waals surface area contributed by atoms with E-state index in [2.05, 4.69) is 16.0 Å². The lowest BCUT2D eigenvalue weighted by Gasteiger charge is -2.36. The Morgan fingerprint density at radius 2 is 2.00 bits per heavy atom. The van der Waals surface area contributed by atoms with Gasteiger partial charge in [0.05, 0.1) is 6.04 Å². The maximum atomic E-state index is 13.5. The summed E-state index contributed by atoms with van der Waals surface area (Å²) >= 11 is 0. The molecule has 0 aliphatic carbocycles.